The summed E-state index contributed by atoms with van der Waals surface area (Å²) in [5, 5.41) is 14.5. The molecule has 0 spiro atoms. The van der Waals surface area contributed by atoms with E-state index < -0.39 is 12.3 Å². The Bertz CT molecular complexity index is 1000. The van der Waals surface area contributed by atoms with E-state index >= 15 is 0 Å². The molecule has 8 heteroatoms. The number of imidazole rings is 1. The van der Waals surface area contributed by atoms with E-state index in [0.717, 1.165) is 5.69 Å². The third kappa shape index (κ3) is 2.63. The Morgan fingerprint density at radius 2 is 1.81 bits per heavy atom. The molecule has 6 nitrogen and oxygen atoms in total. The molecule has 2 N–H and O–H groups in total. The molecule has 3 aromatic rings. The summed E-state index contributed by atoms with van der Waals surface area (Å²) in [6, 6.07) is 14.0. The van der Waals surface area contributed by atoms with Gasteiger partial charge in [0.05, 0.1) is 5.02 Å². The molecule has 0 radical (unpaired) electrons. The number of benzene rings is 2. The third-order valence-corrected chi connectivity index (χ3v) is 4.85. The van der Waals surface area contributed by atoms with E-state index in [9.17, 15) is 9.90 Å². The minimum atomic E-state index is -1.15. The SMILES string of the molecule is CN1C(=O)Nc2nc(-c3ccccc3Cl)n(-c3ccc(Cl)cc3)c2C1O. The van der Waals surface area contributed by atoms with Crippen LogP contribution in [0.15, 0.2) is 48.5 Å². The van der Waals surface area contributed by atoms with Crippen LogP contribution >= 0.6 is 23.2 Å². The van der Waals surface area contributed by atoms with Gasteiger partial charge in [0.25, 0.3) is 0 Å². The monoisotopic (exact) mass is 388 g/mol. The maximum atomic E-state index is 12.0. The molecule has 1 unspecified atom stereocenters. The van der Waals surface area contributed by atoms with Crippen LogP contribution in [0.3, 0.4) is 0 Å². The second kappa shape index (κ2) is 6.32. The summed E-state index contributed by atoms with van der Waals surface area (Å²) in [4.78, 5) is 17.8. The summed E-state index contributed by atoms with van der Waals surface area (Å²) in [5.74, 6) is 0.808. The van der Waals surface area contributed by atoms with E-state index in [0.29, 0.717) is 32.9 Å². The number of fused-ring (bicyclic) bond motifs is 1. The van der Waals surface area contributed by atoms with Crippen LogP contribution < -0.4 is 5.32 Å². The molecular weight excluding hydrogens is 375 g/mol. The van der Waals surface area contributed by atoms with Crippen molar-refractivity contribution in [2.24, 2.45) is 0 Å². The smallest absolute Gasteiger partial charge is 0.325 e. The molecule has 4 rings (SSSR count). The number of halogens is 2. The molecule has 0 bridgehead atoms. The second-order valence-corrected chi connectivity index (χ2v) is 6.72. The highest BCUT2D eigenvalue weighted by Gasteiger charge is 2.35. The largest absolute Gasteiger partial charge is 0.368 e. The first-order valence-electron chi connectivity index (χ1n) is 7.82. The first-order chi connectivity index (χ1) is 12.5. The summed E-state index contributed by atoms with van der Waals surface area (Å²) < 4.78 is 1.77. The minimum Gasteiger partial charge on any atom is -0.368 e. The fourth-order valence-corrected chi connectivity index (χ4v) is 3.27. The van der Waals surface area contributed by atoms with Crippen LogP contribution in [0, 0.1) is 0 Å². The Kier molecular flexibility index (Phi) is 4.11. The van der Waals surface area contributed by atoms with E-state index in [1.165, 1.54) is 11.9 Å². The van der Waals surface area contributed by atoms with Gasteiger partial charge in [0, 0.05) is 23.3 Å². The van der Waals surface area contributed by atoms with Crippen molar-refractivity contribution in [2.75, 3.05) is 12.4 Å². The minimum absolute atomic E-state index is 0.297. The number of anilines is 1. The summed E-state index contributed by atoms with van der Waals surface area (Å²) in [5.41, 5.74) is 1.87. The number of carbonyl (C=O) groups is 1. The Labute approximate surface area is 159 Å². The number of nitrogens with zero attached hydrogens (tertiary/aromatic N) is 3. The molecule has 2 amide bonds. The van der Waals surface area contributed by atoms with Gasteiger partial charge in [-0.15, -0.1) is 0 Å². The average molecular weight is 389 g/mol. The molecule has 0 aliphatic carbocycles. The van der Waals surface area contributed by atoms with Gasteiger partial charge in [0.15, 0.2) is 12.0 Å². The lowest BCUT2D eigenvalue weighted by molar-refractivity contribution is 0.0427. The highest BCUT2D eigenvalue weighted by atomic mass is 35.5. The second-order valence-electron chi connectivity index (χ2n) is 5.88. The number of rotatable bonds is 2. The molecular formula is C18H14Cl2N4O2. The lowest BCUT2D eigenvalue weighted by Gasteiger charge is -2.29. The fourth-order valence-electron chi connectivity index (χ4n) is 2.92. The number of amides is 2. The van der Waals surface area contributed by atoms with Crippen molar-refractivity contribution in [2.45, 2.75) is 6.23 Å². The Morgan fingerprint density at radius 1 is 1.12 bits per heavy atom. The summed E-state index contributed by atoms with van der Waals surface area (Å²) in [7, 11) is 1.51. The molecule has 1 aliphatic heterocycles. The Morgan fingerprint density at radius 3 is 2.50 bits per heavy atom. The van der Waals surface area contributed by atoms with Gasteiger partial charge < -0.3 is 5.11 Å². The van der Waals surface area contributed by atoms with Gasteiger partial charge in [-0.25, -0.2) is 9.78 Å². The van der Waals surface area contributed by atoms with Crippen molar-refractivity contribution in [1.82, 2.24) is 14.5 Å². The highest BCUT2D eigenvalue weighted by Crippen LogP contribution is 2.38. The van der Waals surface area contributed by atoms with Crippen molar-refractivity contribution >= 4 is 35.1 Å². The van der Waals surface area contributed by atoms with Gasteiger partial charge in [-0.05, 0) is 36.4 Å². The normalized spacial score (nSPS) is 16.4. The standard InChI is InChI=1S/C18H14Cl2N4O2/c1-23-17(25)14-15(22-18(23)26)21-16(12-4-2-3-5-13(12)20)24(14)11-8-6-10(19)7-9-11/h2-9,17,25H,1H3,(H,22,26). The molecule has 0 saturated carbocycles. The molecule has 132 valence electrons. The zero-order valence-corrected chi connectivity index (χ0v) is 15.2. The lowest BCUT2D eigenvalue weighted by Crippen LogP contribution is -2.40. The molecule has 1 aromatic heterocycles. The van der Waals surface area contributed by atoms with Crippen molar-refractivity contribution < 1.29 is 9.90 Å². The fraction of sp³-hybridized carbons (Fsp3) is 0.111. The number of nitrogens with one attached hydrogen (secondary N) is 1. The number of carbonyl (C=O) groups excluding carboxylic acids is 1. The van der Waals surface area contributed by atoms with Gasteiger partial charge in [-0.3, -0.25) is 14.8 Å². The predicted molar refractivity (Wildman–Crippen MR) is 101 cm³/mol. The van der Waals surface area contributed by atoms with E-state index in [-0.39, 0.29) is 0 Å². The number of urea groups is 1. The van der Waals surface area contributed by atoms with Crippen molar-refractivity contribution in [1.29, 1.82) is 0 Å². The first kappa shape index (κ1) is 16.9. The van der Waals surface area contributed by atoms with Crippen LogP contribution in [0.25, 0.3) is 17.1 Å². The van der Waals surface area contributed by atoms with Gasteiger partial charge in [0.2, 0.25) is 0 Å². The molecule has 0 fully saturated rings. The van der Waals surface area contributed by atoms with Gasteiger partial charge in [0.1, 0.15) is 11.5 Å². The molecule has 26 heavy (non-hydrogen) atoms. The number of aromatic nitrogens is 2. The third-order valence-electron chi connectivity index (χ3n) is 4.27. The van der Waals surface area contributed by atoms with Crippen molar-refractivity contribution in [3.8, 4) is 17.1 Å². The zero-order chi connectivity index (χ0) is 18.4. The number of aliphatic hydroxyl groups excluding tert-OH is 1. The number of aliphatic hydroxyl groups is 1. The Hall–Kier alpha value is -2.54. The van der Waals surface area contributed by atoms with E-state index in [2.05, 4.69) is 10.3 Å². The Balaban J connectivity index is 2.02. The highest BCUT2D eigenvalue weighted by molar-refractivity contribution is 6.33. The van der Waals surface area contributed by atoms with Crippen LogP contribution in [-0.2, 0) is 0 Å². The first-order valence-corrected chi connectivity index (χ1v) is 8.58. The maximum Gasteiger partial charge on any atom is 0.325 e. The van der Waals surface area contributed by atoms with E-state index in [4.69, 9.17) is 23.2 Å². The van der Waals surface area contributed by atoms with Gasteiger partial charge in [-0.1, -0.05) is 35.3 Å². The van der Waals surface area contributed by atoms with Crippen LogP contribution in [0.4, 0.5) is 10.6 Å². The molecule has 1 aliphatic rings. The predicted octanol–water partition coefficient (Wildman–Crippen LogP) is 4.31. The van der Waals surface area contributed by atoms with E-state index in [1.54, 1.807) is 22.8 Å². The maximum absolute atomic E-state index is 12.0. The van der Waals surface area contributed by atoms with Crippen molar-refractivity contribution in [3.63, 3.8) is 0 Å². The quantitative estimate of drug-likeness (QED) is 0.686. The van der Waals surface area contributed by atoms with Gasteiger partial charge >= 0.3 is 6.03 Å². The number of hydrogen-bond donors (Lipinski definition) is 2. The molecule has 2 aromatic carbocycles. The van der Waals surface area contributed by atoms with Gasteiger partial charge in [-0.2, -0.15) is 0 Å². The van der Waals surface area contributed by atoms with Crippen molar-refractivity contribution in [3.05, 3.63) is 64.3 Å². The lowest BCUT2D eigenvalue weighted by atomic mass is 10.2. The topological polar surface area (TPSA) is 70.4 Å². The molecule has 1 atom stereocenters. The van der Waals surface area contributed by atoms with Crippen LogP contribution in [-0.4, -0.2) is 32.6 Å². The van der Waals surface area contributed by atoms with Crippen LogP contribution in [0.2, 0.25) is 10.0 Å². The average Bonchev–Trinajstić information content (AvgIpc) is 3.00. The molecule has 2 heterocycles. The van der Waals surface area contributed by atoms with Crippen LogP contribution in [0.5, 0.6) is 0 Å². The summed E-state index contributed by atoms with van der Waals surface area (Å²) >= 11 is 12.4. The zero-order valence-electron chi connectivity index (χ0n) is 13.6. The van der Waals surface area contributed by atoms with E-state index in [1.807, 2.05) is 30.3 Å². The summed E-state index contributed by atoms with van der Waals surface area (Å²) in [6.45, 7) is 0. The number of hydrogen-bond acceptors (Lipinski definition) is 3. The summed E-state index contributed by atoms with van der Waals surface area (Å²) in [6.07, 6.45) is -1.15. The van der Waals surface area contributed by atoms with Crippen LogP contribution in [0.1, 0.15) is 11.9 Å². The molecule has 0 saturated heterocycles.